The molecule has 4 rings (SSSR count). The van der Waals surface area contributed by atoms with Gasteiger partial charge in [-0.2, -0.15) is 0 Å². The molecule has 0 spiro atoms. The molecule has 0 aliphatic rings. The maximum Gasteiger partial charge on any atom is 0.197 e. The molecule has 106 valence electrons. The van der Waals surface area contributed by atoms with Gasteiger partial charge in [-0.1, -0.05) is 42.0 Å². The highest BCUT2D eigenvalue weighted by Gasteiger charge is 2.11. The minimum absolute atomic E-state index is 0.0986. The van der Waals surface area contributed by atoms with E-state index in [4.69, 9.17) is 0 Å². The van der Waals surface area contributed by atoms with E-state index in [9.17, 15) is 4.79 Å². The van der Waals surface area contributed by atoms with E-state index in [-0.39, 0.29) is 5.43 Å². The summed E-state index contributed by atoms with van der Waals surface area (Å²) in [4.78, 5) is 12.8. The fourth-order valence-corrected chi connectivity index (χ4v) is 3.02. The lowest BCUT2D eigenvalue weighted by Crippen LogP contribution is -2.10. The third kappa shape index (κ3) is 1.85. The number of para-hydroxylation sites is 2. The molecule has 0 bridgehead atoms. The van der Waals surface area contributed by atoms with Gasteiger partial charge in [0.05, 0.1) is 11.0 Å². The summed E-state index contributed by atoms with van der Waals surface area (Å²) in [7, 11) is 0. The molecule has 0 N–H and O–H groups in total. The Morgan fingerprint density at radius 2 is 1.41 bits per heavy atom. The molecule has 22 heavy (non-hydrogen) atoms. The first-order valence-electron chi connectivity index (χ1n) is 7.35. The Bertz CT molecular complexity index is 1050. The van der Waals surface area contributed by atoms with Gasteiger partial charge >= 0.3 is 0 Å². The number of fused-ring (bicyclic) bond motifs is 2. The third-order valence-electron chi connectivity index (χ3n) is 4.04. The van der Waals surface area contributed by atoms with Crippen molar-refractivity contribution in [2.75, 3.05) is 0 Å². The van der Waals surface area contributed by atoms with Crippen LogP contribution in [0, 0.1) is 6.92 Å². The Labute approximate surface area is 128 Å². The summed E-state index contributed by atoms with van der Waals surface area (Å²) in [5.74, 6) is 0. The quantitative estimate of drug-likeness (QED) is 0.473. The largest absolute Gasteiger partial charge is 0.309 e. The van der Waals surface area contributed by atoms with Crippen LogP contribution in [0.25, 0.3) is 27.5 Å². The standard InChI is InChI=1S/C20H15NO/c1-14-11-12-19-17(13-14)20(22)16-9-5-6-10-18(16)21(19)15-7-3-2-4-8-15/h2-13H,1H3. The molecule has 0 saturated heterocycles. The summed E-state index contributed by atoms with van der Waals surface area (Å²) < 4.78 is 2.16. The average molecular weight is 285 g/mol. The van der Waals surface area contributed by atoms with Crippen molar-refractivity contribution in [1.29, 1.82) is 0 Å². The van der Waals surface area contributed by atoms with Crippen molar-refractivity contribution in [2.45, 2.75) is 6.92 Å². The maximum atomic E-state index is 12.8. The Kier molecular flexibility index (Phi) is 2.83. The molecule has 0 atom stereocenters. The van der Waals surface area contributed by atoms with Crippen LogP contribution in [-0.4, -0.2) is 4.57 Å². The fourth-order valence-electron chi connectivity index (χ4n) is 3.02. The summed E-state index contributed by atoms with van der Waals surface area (Å²) >= 11 is 0. The molecule has 1 heterocycles. The molecule has 3 aromatic carbocycles. The van der Waals surface area contributed by atoms with Gasteiger partial charge in [-0.25, -0.2) is 0 Å². The van der Waals surface area contributed by atoms with Gasteiger partial charge in [0, 0.05) is 16.5 Å². The lowest BCUT2D eigenvalue weighted by Gasteiger charge is -2.15. The predicted octanol–water partition coefficient (Wildman–Crippen LogP) is 4.45. The fraction of sp³-hybridized carbons (Fsp3) is 0.0500. The van der Waals surface area contributed by atoms with Crippen LogP contribution in [0.3, 0.4) is 0 Å². The Morgan fingerprint density at radius 3 is 2.23 bits per heavy atom. The van der Waals surface area contributed by atoms with Crippen molar-refractivity contribution in [3.05, 3.63) is 88.6 Å². The lowest BCUT2D eigenvalue weighted by atomic mass is 10.1. The number of aromatic nitrogens is 1. The maximum absolute atomic E-state index is 12.8. The number of hydrogen-bond donors (Lipinski definition) is 0. The lowest BCUT2D eigenvalue weighted by molar-refractivity contribution is 1.16. The molecule has 0 amide bonds. The number of hydrogen-bond acceptors (Lipinski definition) is 1. The second-order valence-corrected chi connectivity index (χ2v) is 5.54. The van der Waals surface area contributed by atoms with E-state index in [1.54, 1.807) is 0 Å². The number of pyridine rings is 1. The van der Waals surface area contributed by atoms with E-state index in [0.29, 0.717) is 0 Å². The first-order chi connectivity index (χ1) is 10.8. The van der Waals surface area contributed by atoms with Gasteiger partial charge in [-0.15, -0.1) is 0 Å². The highest BCUT2D eigenvalue weighted by molar-refractivity contribution is 5.95. The summed E-state index contributed by atoms with van der Waals surface area (Å²) in [6, 6.07) is 24.0. The number of rotatable bonds is 1. The molecule has 0 aliphatic heterocycles. The van der Waals surface area contributed by atoms with Crippen molar-refractivity contribution in [2.24, 2.45) is 0 Å². The van der Waals surface area contributed by atoms with Crippen LogP contribution in [-0.2, 0) is 0 Å². The normalized spacial score (nSPS) is 11.1. The minimum atomic E-state index is 0.0986. The monoisotopic (exact) mass is 285 g/mol. The van der Waals surface area contributed by atoms with E-state index < -0.39 is 0 Å². The number of nitrogens with zero attached hydrogens (tertiary/aromatic N) is 1. The SMILES string of the molecule is Cc1ccc2c(c1)c(=O)c1ccccc1n2-c1ccccc1. The molecule has 1 aromatic heterocycles. The topological polar surface area (TPSA) is 22.0 Å². The second kappa shape index (κ2) is 4.85. The van der Waals surface area contributed by atoms with Gasteiger partial charge in [-0.05, 0) is 43.3 Å². The van der Waals surface area contributed by atoms with Gasteiger partial charge in [0.1, 0.15) is 0 Å². The molecule has 0 saturated carbocycles. The van der Waals surface area contributed by atoms with Crippen molar-refractivity contribution >= 4 is 21.8 Å². The van der Waals surface area contributed by atoms with Crippen LogP contribution in [0.2, 0.25) is 0 Å². The first kappa shape index (κ1) is 12.8. The zero-order valence-electron chi connectivity index (χ0n) is 12.3. The molecule has 0 aliphatic carbocycles. The smallest absolute Gasteiger partial charge is 0.197 e. The van der Waals surface area contributed by atoms with Crippen LogP contribution >= 0.6 is 0 Å². The van der Waals surface area contributed by atoms with Crippen molar-refractivity contribution in [3.63, 3.8) is 0 Å². The minimum Gasteiger partial charge on any atom is -0.309 e. The summed E-state index contributed by atoms with van der Waals surface area (Å²) in [6.45, 7) is 2.01. The van der Waals surface area contributed by atoms with Crippen LogP contribution in [0.4, 0.5) is 0 Å². The highest BCUT2D eigenvalue weighted by Crippen LogP contribution is 2.24. The molecular formula is C20H15NO. The summed E-state index contributed by atoms with van der Waals surface area (Å²) in [5.41, 5.74) is 4.14. The molecular weight excluding hydrogens is 270 g/mol. The van der Waals surface area contributed by atoms with Crippen LogP contribution in [0.1, 0.15) is 5.56 Å². The van der Waals surface area contributed by atoms with E-state index in [1.165, 1.54) is 0 Å². The molecule has 2 nitrogen and oxygen atoms in total. The Morgan fingerprint density at radius 1 is 0.727 bits per heavy atom. The third-order valence-corrected chi connectivity index (χ3v) is 4.04. The average Bonchev–Trinajstić information content (AvgIpc) is 2.57. The highest BCUT2D eigenvalue weighted by atomic mass is 16.1. The van der Waals surface area contributed by atoms with Gasteiger partial charge < -0.3 is 4.57 Å². The van der Waals surface area contributed by atoms with Crippen LogP contribution < -0.4 is 5.43 Å². The van der Waals surface area contributed by atoms with Crippen LogP contribution in [0.5, 0.6) is 0 Å². The van der Waals surface area contributed by atoms with Crippen molar-refractivity contribution in [1.82, 2.24) is 4.57 Å². The predicted molar refractivity (Wildman–Crippen MR) is 91.8 cm³/mol. The molecule has 0 unspecified atom stereocenters. The zero-order chi connectivity index (χ0) is 15.1. The van der Waals surface area contributed by atoms with Gasteiger partial charge in [0.25, 0.3) is 0 Å². The summed E-state index contributed by atoms with van der Waals surface area (Å²) in [5, 5.41) is 1.52. The Balaban J connectivity index is 2.30. The van der Waals surface area contributed by atoms with E-state index in [2.05, 4.69) is 22.8 Å². The van der Waals surface area contributed by atoms with Crippen molar-refractivity contribution < 1.29 is 0 Å². The molecule has 0 radical (unpaired) electrons. The van der Waals surface area contributed by atoms with Gasteiger partial charge in [0.2, 0.25) is 0 Å². The summed E-state index contributed by atoms with van der Waals surface area (Å²) in [6.07, 6.45) is 0. The first-order valence-corrected chi connectivity index (χ1v) is 7.35. The van der Waals surface area contributed by atoms with Crippen LogP contribution in [0.15, 0.2) is 77.6 Å². The Hall–Kier alpha value is -2.87. The number of aryl methyl sites for hydroxylation is 1. The molecule has 4 aromatic rings. The van der Waals surface area contributed by atoms with Crippen molar-refractivity contribution in [3.8, 4) is 5.69 Å². The second-order valence-electron chi connectivity index (χ2n) is 5.54. The van der Waals surface area contributed by atoms with E-state index in [0.717, 1.165) is 33.1 Å². The van der Waals surface area contributed by atoms with Gasteiger partial charge in [0.15, 0.2) is 5.43 Å². The molecule has 2 heteroatoms. The molecule has 0 fully saturated rings. The number of benzene rings is 3. The zero-order valence-corrected chi connectivity index (χ0v) is 12.3. The van der Waals surface area contributed by atoms with Gasteiger partial charge in [-0.3, -0.25) is 4.79 Å². The van der Waals surface area contributed by atoms with E-state index in [1.807, 2.05) is 61.5 Å². The van der Waals surface area contributed by atoms with E-state index >= 15 is 0 Å².